The fraction of sp³-hybridized carbons (Fsp3) is 1.00. The molecule has 0 amide bonds. The molecule has 0 saturated heterocycles. The minimum Gasteiger partial charge on any atom is 2.00 e. The Balaban J connectivity index is -0.0000000533. The summed E-state index contributed by atoms with van der Waals surface area (Å²) >= 11 is 0. The Hall–Kier alpha value is 0.513. The molecule has 130 valence electrons. The van der Waals surface area contributed by atoms with Crippen molar-refractivity contribution in [3.63, 3.8) is 0 Å². The van der Waals surface area contributed by atoms with Crippen molar-refractivity contribution < 1.29 is 48.4 Å². The van der Waals surface area contributed by atoms with Gasteiger partial charge in [0.05, 0.1) is 0 Å². The molecule has 0 rings (SSSR count). The summed E-state index contributed by atoms with van der Waals surface area (Å²) < 4.78 is 30.2. The van der Waals surface area contributed by atoms with E-state index in [1.54, 1.807) is 20.8 Å². The Morgan fingerprint density at radius 1 is 0.762 bits per heavy atom. The van der Waals surface area contributed by atoms with E-state index in [1.807, 2.05) is 0 Å². The summed E-state index contributed by atoms with van der Waals surface area (Å²) in [6.45, 7) is 5.77. The number of hydrogen-bond donors (Lipinski definition) is 3. The topological polar surface area (TPSA) is 227 Å². The zero-order chi connectivity index (χ0) is 17.4. The fourth-order valence-electron chi connectivity index (χ4n) is 0. The molecule has 12 heteroatoms. The second-order valence-corrected chi connectivity index (χ2v) is 4.62. The quantitative estimate of drug-likeness (QED) is 0.615. The van der Waals surface area contributed by atoms with Crippen molar-refractivity contribution in [2.45, 2.75) is 38.9 Å². The van der Waals surface area contributed by atoms with Crippen LogP contribution in [0.25, 0.3) is 34.4 Å². The largest absolute Gasteiger partial charge is 2.00 e. The van der Waals surface area contributed by atoms with Crippen LogP contribution in [0, 0.1) is 10.2 Å². The molecule has 9 N–H and O–H groups in total. The maximum absolute atomic E-state index is 8.83. The van der Waals surface area contributed by atoms with E-state index < -0.39 is 10.2 Å². The molecule has 10 nitrogen and oxygen atoms in total. The minimum absolute atomic E-state index is 0. The average molecular weight is 384 g/mol. The van der Waals surface area contributed by atoms with E-state index in [0.717, 1.165) is 0 Å². The first kappa shape index (κ1) is 33.2. The third-order valence-electron chi connectivity index (χ3n) is 0.919. The number of rotatable bonds is 3. The van der Waals surface area contributed by atoms with Gasteiger partial charge in [-0.2, -0.15) is 37.8 Å². The van der Waals surface area contributed by atoms with Crippen molar-refractivity contribution in [3.8, 4) is 0 Å². The first-order valence-electron chi connectivity index (χ1n) is 5.54. The standard InChI is InChI=1S/3C3H8N2.ClH3O4.Zn/c3*1-3(5)2-4;2-1(3,4)5;/h3*3-5H,2H2,1H3;2-4H;/q3*-2;;+2. The van der Waals surface area contributed by atoms with E-state index in [-0.39, 0.29) is 57.2 Å². The summed E-state index contributed by atoms with van der Waals surface area (Å²) in [5.41, 5.74) is 39.3. The Morgan fingerprint density at radius 2 is 0.810 bits per heavy atom. The summed E-state index contributed by atoms with van der Waals surface area (Å²) in [6, 6.07) is -0.597. The molecule has 0 radical (unpaired) electrons. The predicted octanol–water partition coefficient (Wildman–Crippen LogP) is 1.58. The molecule has 0 spiro atoms. The molecule has 0 aliphatic heterocycles. The molecule has 3 unspecified atom stereocenters. The maximum atomic E-state index is 8.83. The summed E-state index contributed by atoms with van der Waals surface area (Å²) in [5.74, 6) is 0. The minimum atomic E-state index is -4.19. The van der Waals surface area contributed by atoms with Gasteiger partial charge in [-0.3, -0.25) is 0 Å². The molecular weight excluding hydrogens is 357 g/mol. The van der Waals surface area contributed by atoms with Crippen molar-refractivity contribution in [3.05, 3.63) is 34.4 Å². The zero-order valence-corrected chi connectivity index (χ0v) is 16.4. The number of halogens is 1. The second-order valence-electron chi connectivity index (χ2n) is 3.75. The van der Waals surface area contributed by atoms with E-state index in [0.29, 0.717) is 0 Å². The van der Waals surface area contributed by atoms with Gasteiger partial charge in [0, 0.05) is 0 Å². The van der Waals surface area contributed by atoms with E-state index >= 15 is 0 Å². The molecule has 3 atom stereocenters. The van der Waals surface area contributed by atoms with Crippen LogP contribution in [0.3, 0.4) is 0 Å². The Bertz CT molecular complexity index is 150. The summed E-state index contributed by atoms with van der Waals surface area (Å²) in [4.78, 5) is 0. The Kier molecular flexibility index (Phi) is 36.0. The van der Waals surface area contributed by atoms with Crippen LogP contribution in [0.4, 0.5) is 0 Å². The fourth-order valence-corrected chi connectivity index (χ4v) is 0. The van der Waals surface area contributed by atoms with Gasteiger partial charge < -0.3 is 34.4 Å². The van der Waals surface area contributed by atoms with Gasteiger partial charge in [0.1, 0.15) is 0 Å². The van der Waals surface area contributed by atoms with Crippen LogP contribution < -0.4 is 4.66 Å². The van der Waals surface area contributed by atoms with Crippen LogP contribution in [-0.2, 0) is 19.5 Å². The zero-order valence-electron chi connectivity index (χ0n) is 12.7. The molecule has 0 aliphatic rings. The average Bonchev–Trinajstić information content (AvgIpc) is 2.28. The van der Waals surface area contributed by atoms with Crippen molar-refractivity contribution in [1.29, 1.82) is 0 Å². The molecule has 0 aromatic carbocycles. The molecule has 0 bridgehead atoms. The van der Waals surface area contributed by atoms with Crippen molar-refractivity contribution in [2.75, 3.05) is 19.6 Å². The van der Waals surface area contributed by atoms with Gasteiger partial charge in [-0.05, 0) is 0 Å². The maximum Gasteiger partial charge on any atom is 2.00 e. The molecule has 21 heavy (non-hydrogen) atoms. The van der Waals surface area contributed by atoms with Crippen LogP contribution >= 0.6 is 0 Å². The molecule has 0 aliphatic carbocycles. The Morgan fingerprint density at radius 3 is 0.810 bits per heavy atom. The monoisotopic (exact) mass is 382 g/mol. The Labute approximate surface area is 141 Å². The third kappa shape index (κ3) is 166. The van der Waals surface area contributed by atoms with E-state index in [2.05, 4.69) is 0 Å². The predicted molar refractivity (Wildman–Crippen MR) is 75.6 cm³/mol. The normalized spacial score (nSPS) is 14.3. The van der Waals surface area contributed by atoms with Gasteiger partial charge in [-0.1, -0.05) is 20.8 Å². The van der Waals surface area contributed by atoms with Crippen molar-refractivity contribution in [1.82, 2.24) is 0 Å². The SMILES string of the molecule is CC([NH-])C[NH-].CC([NH-])C[NH-].CC([NH-])C[NH-].[O-][Cl+](O)(O)O.[Zn+2]. The van der Waals surface area contributed by atoms with Gasteiger partial charge in [-0.25, -0.2) is 0 Å². The third-order valence-corrected chi connectivity index (χ3v) is 0.919. The van der Waals surface area contributed by atoms with Crippen LogP contribution in [0.15, 0.2) is 0 Å². The molecule has 0 saturated carbocycles. The van der Waals surface area contributed by atoms with Crippen molar-refractivity contribution >= 4 is 0 Å². The molecular formula is C9H27ClN6O4Zn-4. The van der Waals surface area contributed by atoms with Gasteiger partial charge in [-0.15, -0.1) is 0 Å². The van der Waals surface area contributed by atoms with E-state index in [9.17, 15) is 0 Å². The molecule has 0 aromatic rings. The van der Waals surface area contributed by atoms with Crippen LogP contribution in [0.1, 0.15) is 20.8 Å². The summed E-state index contributed by atoms with van der Waals surface area (Å²) in [7, 11) is -4.19. The molecule has 0 aromatic heterocycles. The van der Waals surface area contributed by atoms with E-state index in [4.69, 9.17) is 53.0 Å². The van der Waals surface area contributed by atoms with Crippen LogP contribution in [-0.4, -0.2) is 51.7 Å². The first-order chi connectivity index (χ1) is 8.81. The summed E-state index contributed by atoms with van der Waals surface area (Å²) in [5, 5.41) is 0. The van der Waals surface area contributed by atoms with Gasteiger partial charge in [0.2, 0.25) is 0 Å². The molecule has 0 fully saturated rings. The smallest absolute Gasteiger partial charge is 2.00 e. The number of hydrogen-bond acceptors (Lipinski definition) is 4. The second kappa shape index (κ2) is 22.8. The van der Waals surface area contributed by atoms with E-state index in [1.165, 1.54) is 0 Å². The van der Waals surface area contributed by atoms with Gasteiger partial charge in [0.15, 0.2) is 0 Å². The number of nitrogens with one attached hydrogen (secondary N) is 6. The van der Waals surface area contributed by atoms with Crippen molar-refractivity contribution in [2.24, 2.45) is 0 Å². The van der Waals surface area contributed by atoms with Gasteiger partial charge in [0.25, 0.3) is 0 Å². The van der Waals surface area contributed by atoms with Crippen LogP contribution in [0.5, 0.6) is 0 Å². The van der Waals surface area contributed by atoms with Crippen LogP contribution in [0.2, 0.25) is 0 Å². The first-order valence-corrected chi connectivity index (χ1v) is 6.87. The van der Waals surface area contributed by atoms with Gasteiger partial charge >= 0.3 is 48.4 Å². The summed E-state index contributed by atoms with van der Waals surface area (Å²) in [6.07, 6.45) is 0. The molecule has 0 heterocycles.